The highest BCUT2D eigenvalue weighted by molar-refractivity contribution is 6.22. The summed E-state index contributed by atoms with van der Waals surface area (Å²) in [6.45, 7) is 0. The van der Waals surface area contributed by atoms with E-state index in [4.69, 9.17) is 0 Å². The Morgan fingerprint density at radius 2 is 1.74 bits per heavy atom. The molecule has 0 saturated heterocycles. The van der Waals surface area contributed by atoms with Gasteiger partial charge >= 0.3 is 6.18 Å². The molecule has 0 aliphatic carbocycles. The van der Waals surface area contributed by atoms with Crippen molar-refractivity contribution < 1.29 is 18.3 Å². The molecule has 3 aliphatic rings. The van der Waals surface area contributed by atoms with Crippen LogP contribution < -0.4 is 0 Å². The first-order valence-electron chi connectivity index (χ1n) is 8.11. The van der Waals surface area contributed by atoms with Crippen molar-refractivity contribution in [2.75, 3.05) is 0 Å². The predicted molar refractivity (Wildman–Crippen MR) is 94.6 cm³/mol. The lowest BCUT2D eigenvalue weighted by Crippen LogP contribution is -2.42. The van der Waals surface area contributed by atoms with Gasteiger partial charge in [0.05, 0.1) is 16.9 Å². The van der Waals surface area contributed by atoms with Crippen LogP contribution >= 0.6 is 0 Å². The summed E-state index contributed by atoms with van der Waals surface area (Å²) < 4.78 is 38.6. The Bertz CT molecular complexity index is 1080. The molecule has 0 aromatic heterocycles. The largest absolute Gasteiger partial charge is 0.416 e. The summed E-state index contributed by atoms with van der Waals surface area (Å²) in [5.74, 6) is 0.433. The van der Waals surface area contributed by atoms with Crippen LogP contribution in [0.15, 0.2) is 69.6 Å². The highest BCUT2D eigenvalue weighted by Crippen LogP contribution is 2.44. The van der Waals surface area contributed by atoms with Gasteiger partial charge in [-0.3, -0.25) is 4.90 Å². The summed E-state index contributed by atoms with van der Waals surface area (Å²) in [7, 11) is 0. The number of halogens is 3. The Morgan fingerprint density at radius 3 is 2.48 bits per heavy atom. The van der Waals surface area contributed by atoms with E-state index in [1.54, 1.807) is 23.3 Å². The van der Waals surface area contributed by atoms with Gasteiger partial charge < -0.3 is 5.11 Å². The van der Waals surface area contributed by atoms with Crippen LogP contribution in [0.3, 0.4) is 0 Å². The Hall–Kier alpha value is -3.26. The molecule has 5 nitrogen and oxygen atoms in total. The first-order chi connectivity index (χ1) is 12.9. The maximum absolute atomic E-state index is 12.9. The summed E-state index contributed by atoms with van der Waals surface area (Å²) in [6, 6.07) is 11.7. The van der Waals surface area contributed by atoms with Crippen molar-refractivity contribution in [3.05, 3.63) is 71.3 Å². The quantitative estimate of drug-likeness (QED) is 0.835. The SMILES string of the molecule is OC1(c2ccc(C(F)(F)F)cc2)N=C2N=CC=C3c4ccccc4N=C1N32. The Kier molecular flexibility index (Phi) is 3.04. The Balaban J connectivity index is 1.69. The topological polar surface area (TPSA) is 60.6 Å². The van der Waals surface area contributed by atoms with Gasteiger partial charge in [-0.05, 0) is 24.3 Å². The molecule has 8 heteroatoms. The summed E-state index contributed by atoms with van der Waals surface area (Å²) in [4.78, 5) is 14.6. The van der Waals surface area contributed by atoms with Crippen molar-refractivity contribution in [3.8, 4) is 0 Å². The fraction of sp³-hybridized carbons (Fsp3) is 0.105. The van der Waals surface area contributed by atoms with E-state index in [1.165, 1.54) is 12.1 Å². The van der Waals surface area contributed by atoms with Crippen LogP contribution in [0.4, 0.5) is 18.9 Å². The number of fused-ring (bicyclic) bond motifs is 2. The number of hydrogen-bond donors (Lipinski definition) is 1. The lowest BCUT2D eigenvalue weighted by molar-refractivity contribution is -0.137. The van der Waals surface area contributed by atoms with Crippen molar-refractivity contribution in [2.45, 2.75) is 11.9 Å². The van der Waals surface area contributed by atoms with Crippen molar-refractivity contribution in [3.63, 3.8) is 0 Å². The molecular weight excluding hydrogens is 357 g/mol. The Labute approximate surface area is 151 Å². The minimum atomic E-state index is -4.46. The fourth-order valence-corrected chi connectivity index (χ4v) is 3.38. The monoisotopic (exact) mass is 368 g/mol. The third-order valence-corrected chi connectivity index (χ3v) is 4.67. The number of alkyl halides is 3. The van der Waals surface area contributed by atoms with Crippen LogP contribution in [0, 0.1) is 0 Å². The normalized spacial score (nSPS) is 22.7. The molecule has 2 aromatic carbocycles. The maximum atomic E-state index is 12.9. The second kappa shape index (κ2) is 5.14. The van der Waals surface area contributed by atoms with E-state index in [9.17, 15) is 18.3 Å². The second-order valence-corrected chi connectivity index (χ2v) is 6.28. The van der Waals surface area contributed by atoms with Gasteiger partial charge in [-0.25, -0.2) is 15.0 Å². The van der Waals surface area contributed by atoms with E-state index in [1.807, 2.05) is 18.2 Å². The summed E-state index contributed by atoms with van der Waals surface area (Å²) >= 11 is 0. The summed E-state index contributed by atoms with van der Waals surface area (Å²) in [5, 5.41) is 11.3. The number of hydrogen-bond acceptors (Lipinski definition) is 5. The predicted octanol–water partition coefficient (Wildman–Crippen LogP) is 3.69. The molecule has 0 spiro atoms. The minimum absolute atomic E-state index is 0.185. The molecule has 1 N–H and O–H groups in total. The van der Waals surface area contributed by atoms with Crippen LogP contribution in [0.25, 0.3) is 5.70 Å². The molecule has 1 atom stereocenters. The van der Waals surface area contributed by atoms with Gasteiger partial charge in [-0.2, -0.15) is 13.2 Å². The Morgan fingerprint density at radius 1 is 1.00 bits per heavy atom. The number of allylic oxidation sites excluding steroid dienone is 1. The minimum Gasteiger partial charge on any atom is -0.359 e. The van der Waals surface area contributed by atoms with Crippen molar-refractivity contribution in [1.29, 1.82) is 0 Å². The molecular formula is C19H11F3N4O. The van der Waals surface area contributed by atoms with E-state index in [0.29, 0.717) is 5.69 Å². The summed E-state index contributed by atoms with van der Waals surface area (Å²) in [6.07, 6.45) is -1.10. The second-order valence-electron chi connectivity index (χ2n) is 6.28. The highest BCUT2D eigenvalue weighted by atomic mass is 19.4. The molecule has 134 valence electrons. The van der Waals surface area contributed by atoms with Crippen molar-refractivity contribution in [2.24, 2.45) is 15.0 Å². The summed E-state index contributed by atoms with van der Waals surface area (Å²) in [5.41, 5.74) is -0.276. The molecule has 3 aliphatic heterocycles. The average Bonchev–Trinajstić information content (AvgIpc) is 2.96. The molecule has 2 aromatic rings. The van der Waals surface area contributed by atoms with Crippen LogP contribution in [0.2, 0.25) is 0 Å². The van der Waals surface area contributed by atoms with Crippen molar-refractivity contribution >= 4 is 29.4 Å². The zero-order valence-corrected chi connectivity index (χ0v) is 13.6. The van der Waals surface area contributed by atoms with E-state index in [0.717, 1.165) is 23.4 Å². The maximum Gasteiger partial charge on any atom is 0.416 e. The first kappa shape index (κ1) is 16.0. The molecule has 0 saturated carbocycles. The van der Waals surface area contributed by atoms with E-state index in [2.05, 4.69) is 15.0 Å². The van der Waals surface area contributed by atoms with Crippen LogP contribution in [-0.2, 0) is 11.9 Å². The smallest absolute Gasteiger partial charge is 0.359 e. The van der Waals surface area contributed by atoms with Gasteiger partial charge in [0.2, 0.25) is 11.7 Å². The number of para-hydroxylation sites is 1. The third-order valence-electron chi connectivity index (χ3n) is 4.67. The zero-order valence-electron chi connectivity index (χ0n) is 13.6. The molecule has 1 unspecified atom stereocenters. The lowest BCUT2D eigenvalue weighted by atomic mass is 9.98. The van der Waals surface area contributed by atoms with Gasteiger partial charge in [-0.15, -0.1) is 0 Å². The number of aliphatic imine (C=N–C) groups is 3. The van der Waals surface area contributed by atoms with Gasteiger partial charge in [0, 0.05) is 17.3 Å². The van der Waals surface area contributed by atoms with E-state index < -0.39 is 17.5 Å². The molecule has 0 amide bonds. The first-order valence-corrected chi connectivity index (χ1v) is 8.11. The number of aliphatic hydroxyl groups is 1. The van der Waals surface area contributed by atoms with Gasteiger partial charge in [0.1, 0.15) is 0 Å². The fourth-order valence-electron chi connectivity index (χ4n) is 3.38. The van der Waals surface area contributed by atoms with Crippen LogP contribution in [0.5, 0.6) is 0 Å². The van der Waals surface area contributed by atoms with Gasteiger partial charge in [-0.1, -0.05) is 30.3 Å². The number of guanidine groups is 1. The number of nitrogens with zero attached hydrogens (tertiary/aromatic N) is 4. The third kappa shape index (κ3) is 2.20. The van der Waals surface area contributed by atoms with Crippen LogP contribution in [-0.4, -0.2) is 28.0 Å². The van der Waals surface area contributed by atoms with Crippen molar-refractivity contribution in [1.82, 2.24) is 4.90 Å². The lowest BCUT2D eigenvalue weighted by Gasteiger charge is -2.32. The van der Waals surface area contributed by atoms with E-state index in [-0.39, 0.29) is 17.4 Å². The molecule has 0 bridgehead atoms. The molecule has 0 fully saturated rings. The molecule has 3 heterocycles. The number of amidine groups is 1. The molecule has 0 radical (unpaired) electrons. The number of rotatable bonds is 1. The highest BCUT2D eigenvalue weighted by Gasteiger charge is 2.50. The average molecular weight is 368 g/mol. The molecule has 27 heavy (non-hydrogen) atoms. The van der Waals surface area contributed by atoms with Crippen LogP contribution in [0.1, 0.15) is 16.7 Å². The van der Waals surface area contributed by atoms with Gasteiger partial charge in [0.25, 0.3) is 0 Å². The number of benzene rings is 2. The van der Waals surface area contributed by atoms with E-state index >= 15 is 0 Å². The van der Waals surface area contributed by atoms with Gasteiger partial charge in [0.15, 0.2) is 5.84 Å². The molecule has 5 rings (SSSR count). The zero-order chi connectivity index (χ0) is 18.8. The standard InChI is InChI=1S/C19H11F3N4O/c20-19(21,22)12-7-5-11(6-8-12)18(27)16-24-14-4-2-1-3-13(14)15-9-10-23-17(25-18)26(15)16/h1-10,27H.